The van der Waals surface area contributed by atoms with Gasteiger partial charge in [-0.25, -0.2) is 0 Å². The van der Waals surface area contributed by atoms with Gasteiger partial charge in [-0.2, -0.15) is 5.26 Å². The minimum absolute atomic E-state index is 0.274. The van der Waals surface area contributed by atoms with Gasteiger partial charge in [-0.3, -0.25) is 4.79 Å². The van der Waals surface area contributed by atoms with Crippen LogP contribution in [0, 0.1) is 23.7 Å². The van der Waals surface area contributed by atoms with Crippen LogP contribution < -0.4 is 10.1 Å². The van der Waals surface area contributed by atoms with Gasteiger partial charge in [-0.05, 0) is 37.5 Å². The van der Waals surface area contributed by atoms with Crippen molar-refractivity contribution in [1.82, 2.24) is 0 Å². The van der Waals surface area contributed by atoms with E-state index in [0.29, 0.717) is 24.3 Å². The Morgan fingerprint density at radius 3 is 2.53 bits per heavy atom. The van der Waals surface area contributed by atoms with Gasteiger partial charge in [0.15, 0.2) is 0 Å². The summed E-state index contributed by atoms with van der Waals surface area (Å²) in [5.74, 6) is 0.321. The third-order valence-corrected chi connectivity index (χ3v) is 3.46. The zero-order valence-corrected chi connectivity index (χ0v) is 11.9. The number of nitriles is 1. The molecule has 0 saturated heterocycles. The molecule has 0 aliphatic heterocycles. The van der Waals surface area contributed by atoms with Crippen LogP contribution in [0.4, 0.5) is 5.69 Å². The normalized spacial score (nSPS) is 10.7. The van der Waals surface area contributed by atoms with Crippen LogP contribution in [0.5, 0.6) is 5.75 Å². The number of carbonyl (C=O) groups is 1. The first-order valence-electron chi connectivity index (χ1n) is 6.40. The molecule has 0 heterocycles. The third-order valence-electron chi connectivity index (χ3n) is 3.46. The smallest absolute Gasteiger partial charge is 0.244 e. The van der Waals surface area contributed by atoms with E-state index in [1.807, 2.05) is 32.9 Å². The average Bonchev–Trinajstić information content (AvgIpc) is 2.41. The summed E-state index contributed by atoms with van der Waals surface area (Å²) in [6, 6.07) is 7.68. The quantitative estimate of drug-likeness (QED) is 0.883. The van der Waals surface area contributed by atoms with Gasteiger partial charge in [0.1, 0.15) is 11.2 Å². The lowest BCUT2D eigenvalue weighted by Gasteiger charge is -2.23. The second kappa shape index (κ2) is 6.24. The van der Waals surface area contributed by atoms with Crippen LogP contribution in [0.15, 0.2) is 18.2 Å². The summed E-state index contributed by atoms with van der Waals surface area (Å²) in [5, 5.41) is 12.1. The molecule has 0 fully saturated rings. The van der Waals surface area contributed by atoms with Crippen LogP contribution >= 0.6 is 0 Å². The number of ether oxygens (including phenoxy) is 1. The lowest BCUT2D eigenvalue weighted by molar-refractivity contribution is -0.123. The number of hydrogen-bond acceptors (Lipinski definition) is 3. The summed E-state index contributed by atoms with van der Waals surface area (Å²) in [6.07, 6.45) is 0.972. The van der Waals surface area contributed by atoms with E-state index in [4.69, 9.17) is 4.74 Å². The van der Waals surface area contributed by atoms with Crippen molar-refractivity contribution in [2.75, 3.05) is 12.4 Å². The molecule has 1 aromatic rings. The predicted octanol–water partition coefficient (Wildman–Crippen LogP) is 3.27. The lowest BCUT2D eigenvalue weighted by atomic mass is 9.83. The number of carbonyl (C=O) groups excluding carboxylic acids is 1. The number of methoxy groups -OCH3 is 1. The highest BCUT2D eigenvalue weighted by Gasteiger charge is 2.35. The monoisotopic (exact) mass is 260 g/mol. The molecule has 102 valence electrons. The van der Waals surface area contributed by atoms with Crippen molar-refractivity contribution in [3.63, 3.8) is 0 Å². The molecule has 0 unspecified atom stereocenters. The molecule has 1 amide bonds. The Labute approximate surface area is 114 Å². The highest BCUT2D eigenvalue weighted by atomic mass is 16.5. The van der Waals surface area contributed by atoms with Crippen LogP contribution in [-0.2, 0) is 4.79 Å². The van der Waals surface area contributed by atoms with Crippen molar-refractivity contribution in [3.8, 4) is 11.8 Å². The maximum Gasteiger partial charge on any atom is 0.244 e. The number of hydrogen-bond donors (Lipinski definition) is 1. The molecule has 0 atom stereocenters. The Balaban J connectivity index is 3.06. The predicted molar refractivity (Wildman–Crippen MR) is 75.0 cm³/mol. The van der Waals surface area contributed by atoms with E-state index < -0.39 is 5.41 Å². The Bertz CT molecular complexity index is 499. The number of nitrogens with one attached hydrogen (secondary N) is 1. The van der Waals surface area contributed by atoms with E-state index in [2.05, 4.69) is 11.4 Å². The van der Waals surface area contributed by atoms with E-state index in [9.17, 15) is 10.1 Å². The van der Waals surface area contributed by atoms with Crippen LogP contribution in [0.25, 0.3) is 0 Å². The van der Waals surface area contributed by atoms with Gasteiger partial charge in [0.25, 0.3) is 0 Å². The second-order valence-electron chi connectivity index (χ2n) is 4.56. The van der Waals surface area contributed by atoms with Crippen molar-refractivity contribution < 1.29 is 9.53 Å². The van der Waals surface area contributed by atoms with Gasteiger partial charge in [0.2, 0.25) is 5.91 Å². The van der Waals surface area contributed by atoms with E-state index in [-0.39, 0.29) is 5.91 Å². The lowest BCUT2D eigenvalue weighted by Crippen LogP contribution is -2.34. The Morgan fingerprint density at radius 2 is 2.05 bits per heavy atom. The third kappa shape index (κ3) is 3.05. The molecule has 1 rings (SSSR count). The largest absolute Gasteiger partial charge is 0.495 e. The van der Waals surface area contributed by atoms with Crippen molar-refractivity contribution in [3.05, 3.63) is 23.8 Å². The molecule has 0 aromatic heterocycles. The van der Waals surface area contributed by atoms with Crippen molar-refractivity contribution in [1.29, 1.82) is 5.26 Å². The summed E-state index contributed by atoms with van der Waals surface area (Å²) in [5.41, 5.74) is 0.648. The molecule has 19 heavy (non-hydrogen) atoms. The maximum absolute atomic E-state index is 12.3. The fourth-order valence-corrected chi connectivity index (χ4v) is 1.94. The number of benzene rings is 1. The highest BCUT2D eigenvalue weighted by Crippen LogP contribution is 2.31. The number of anilines is 1. The van der Waals surface area contributed by atoms with E-state index in [1.165, 1.54) is 0 Å². The molecule has 0 bridgehead atoms. The molecular formula is C15H20N2O2. The van der Waals surface area contributed by atoms with Crippen LogP contribution in [0.3, 0.4) is 0 Å². The summed E-state index contributed by atoms with van der Waals surface area (Å²) in [4.78, 5) is 12.3. The van der Waals surface area contributed by atoms with Gasteiger partial charge in [-0.1, -0.05) is 19.9 Å². The van der Waals surface area contributed by atoms with E-state index in [0.717, 1.165) is 5.56 Å². The summed E-state index contributed by atoms with van der Waals surface area (Å²) < 4.78 is 5.22. The van der Waals surface area contributed by atoms with Crippen molar-refractivity contribution >= 4 is 11.6 Å². The summed E-state index contributed by atoms with van der Waals surface area (Å²) >= 11 is 0. The standard InChI is InChI=1S/C15H20N2O2/c1-5-15(6-2,10-16)14(18)17-12-9-11(3)7-8-13(12)19-4/h7-9H,5-6H2,1-4H3,(H,17,18). The number of aryl methyl sites for hydroxylation is 1. The minimum Gasteiger partial charge on any atom is -0.495 e. The van der Waals surface area contributed by atoms with Crippen LogP contribution in [0.2, 0.25) is 0 Å². The number of nitrogens with zero attached hydrogens (tertiary/aromatic N) is 1. The molecule has 0 aliphatic rings. The van der Waals surface area contributed by atoms with Gasteiger partial charge >= 0.3 is 0 Å². The average molecular weight is 260 g/mol. The summed E-state index contributed by atoms with van der Waals surface area (Å²) in [7, 11) is 1.55. The highest BCUT2D eigenvalue weighted by molar-refractivity contribution is 5.98. The van der Waals surface area contributed by atoms with Gasteiger partial charge < -0.3 is 10.1 Å². The Morgan fingerprint density at radius 1 is 1.42 bits per heavy atom. The van der Waals surface area contributed by atoms with E-state index in [1.54, 1.807) is 13.2 Å². The number of rotatable bonds is 5. The van der Waals surface area contributed by atoms with E-state index >= 15 is 0 Å². The molecular weight excluding hydrogens is 240 g/mol. The van der Waals surface area contributed by atoms with Crippen LogP contribution in [-0.4, -0.2) is 13.0 Å². The molecule has 0 spiro atoms. The first-order chi connectivity index (χ1) is 9.02. The Hall–Kier alpha value is -2.02. The number of amides is 1. The maximum atomic E-state index is 12.3. The second-order valence-corrected chi connectivity index (χ2v) is 4.56. The van der Waals surface area contributed by atoms with Crippen molar-refractivity contribution in [2.24, 2.45) is 5.41 Å². The van der Waals surface area contributed by atoms with Crippen molar-refractivity contribution in [2.45, 2.75) is 33.6 Å². The molecule has 4 nitrogen and oxygen atoms in total. The Kier molecular flexibility index (Phi) is 4.94. The molecule has 0 aliphatic carbocycles. The zero-order chi connectivity index (χ0) is 14.5. The molecule has 0 radical (unpaired) electrons. The molecule has 1 N–H and O–H groups in total. The van der Waals surface area contributed by atoms with Gasteiger partial charge in [-0.15, -0.1) is 0 Å². The first kappa shape index (κ1) is 15.0. The minimum atomic E-state index is -0.977. The molecule has 4 heteroatoms. The zero-order valence-electron chi connectivity index (χ0n) is 11.9. The van der Waals surface area contributed by atoms with Crippen LogP contribution in [0.1, 0.15) is 32.3 Å². The fraction of sp³-hybridized carbons (Fsp3) is 0.467. The summed E-state index contributed by atoms with van der Waals surface area (Å²) in [6.45, 7) is 5.63. The van der Waals surface area contributed by atoms with Gasteiger partial charge in [0, 0.05) is 0 Å². The van der Waals surface area contributed by atoms with Gasteiger partial charge in [0.05, 0.1) is 18.9 Å². The molecule has 0 saturated carbocycles. The fourth-order valence-electron chi connectivity index (χ4n) is 1.94. The molecule has 1 aromatic carbocycles. The SMILES string of the molecule is CCC(C#N)(CC)C(=O)Nc1cc(C)ccc1OC. The first-order valence-corrected chi connectivity index (χ1v) is 6.40. The topological polar surface area (TPSA) is 62.1 Å².